The van der Waals surface area contributed by atoms with Crippen LogP contribution in [0.15, 0.2) is 53.9 Å². The number of aromatic nitrogens is 1. The van der Waals surface area contributed by atoms with E-state index < -0.39 is 21.0 Å². The van der Waals surface area contributed by atoms with Gasteiger partial charge in [-0.15, -0.1) is 11.3 Å². The fraction of sp³-hybridized carbons (Fsp3) is 0.333. The van der Waals surface area contributed by atoms with Gasteiger partial charge in [0.05, 0.1) is 24.1 Å². The molecule has 0 saturated heterocycles. The number of hydrogen-bond donors (Lipinski definition) is 1. The topological polar surface area (TPSA) is 85.4 Å². The van der Waals surface area contributed by atoms with Gasteiger partial charge in [-0.25, -0.2) is 13.4 Å². The molecule has 6 nitrogen and oxygen atoms in total. The van der Waals surface area contributed by atoms with Gasteiger partial charge in [0.25, 0.3) is 0 Å². The van der Waals surface area contributed by atoms with Gasteiger partial charge in [0.2, 0.25) is 5.91 Å². The molecule has 1 aromatic heterocycles. The monoisotopic (exact) mass is 470 g/mol. The first-order valence-corrected chi connectivity index (χ1v) is 13.2. The van der Waals surface area contributed by atoms with Gasteiger partial charge < -0.3 is 10.1 Å². The zero-order valence-corrected chi connectivity index (χ0v) is 19.7. The van der Waals surface area contributed by atoms with Crippen molar-refractivity contribution in [3.05, 3.63) is 70.7 Å². The number of fused-ring (bicyclic) bond motifs is 1. The summed E-state index contributed by atoms with van der Waals surface area (Å²) >= 11 is 1.41. The summed E-state index contributed by atoms with van der Waals surface area (Å²) in [5, 5.41) is 4.24. The molecule has 1 aliphatic rings. The minimum Gasteiger partial charge on any atom is -0.493 e. The third kappa shape index (κ3) is 4.86. The Labute approximate surface area is 192 Å². The summed E-state index contributed by atoms with van der Waals surface area (Å²) in [4.78, 5) is 17.3. The first kappa shape index (κ1) is 22.5. The van der Waals surface area contributed by atoms with E-state index in [9.17, 15) is 13.2 Å². The van der Waals surface area contributed by atoms with Gasteiger partial charge in [0.15, 0.2) is 9.84 Å². The van der Waals surface area contributed by atoms with E-state index in [-0.39, 0.29) is 11.8 Å². The quantitative estimate of drug-likeness (QED) is 0.556. The van der Waals surface area contributed by atoms with Crippen LogP contribution in [0.25, 0.3) is 10.6 Å². The normalized spacial score (nSPS) is 16.6. The molecule has 0 fully saturated rings. The molecule has 0 aliphatic carbocycles. The number of carbonyl (C=O) groups excluding carboxylic acids is 1. The summed E-state index contributed by atoms with van der Waals surface area (Å²) in [5.41, 5.74) is 3.52. The molecular formula is C24H26N2O4S2. The molecule has 0 saturated carbocycles. The molecule has 1 N–H and O–H groups in total. The van der Waals surface area contributed by atoms with Crippen molar-refractivity contribution >= 4 is 27.1 Å². The maximum Gasteiger partial charge on any atom is 0.238 e. The van der Waals surface area contributed by atoms with Gasteiger partial charge >= 0.3 is 0 Å². The van der Waals surface area contributed by atoms with Crippen LogP contribution in [0.5, 0.6) is 5.75 Å². The predicted molar refractivity (Wildman–Crippen MR) is 126 cm³/mol. The van der Waals surface area contributed by atoms with Gasteiger partial charge in [0, 0.05) is 22.9 Å². The van der Waals surface area contributed by atoms with Crippen LogP contribution in [0.4, 0.5) is 0 Å². The average Bonchev–Trinajstić information content (AvgIpc) is 3.26. The molecule has 32 heavy (non-hydrogen) atoms. The number of nitrogens with one attached hydrogen (secondary N) is 1. The zero-order chi connectivity index (χ0) is 22.7. The molecule has 1 aliphatic heterocycles. The molecule has 3 aromatic rings. The van der Waals surface area contributed by atoms with Gasteiger partial charge in [-0.05, 0) is 25.0 Å². The predicted octanol–water partition coefficient (Wildman–Crippen LogP) is 4.32. The van der Waals surface area contributed by atoms with E-state index in [0.29, 0.717) is 18.7 Å². The molecule has 0 bridgehead atoms. The SMILES string of the molecule is CCc1ccc(-c2nc(CS(=O)(=O)C(C)C(=O)NC3CCOc4ccccc43)cs2)cc1. The van der Waals surface area contributed by atoms with Crippen LogP contribution in [0.1, 0.15) is 43.1 Å². The highest BCUT2D eigenvalue weighted by Gasteiger charge is 2.32. The van der Waals surface area contributed by atoms with Crippen molar-refractivity contribution in [2.45, 2.75) is 43.7 Å². The number of carbonyl (C=O) groups is 1. The molecule has 8 heteroatoms. The highest BCUT2D eigenvalue weighted by Crippen LogP contribution is 2.32. The van der Waals surface area contributed by atoms with E-state index in [1.54, 1.807) is 5.38 Å². The number of aryl methyl sites for hydroxylation is 1. The Bertz CT molecular complexity index is 1200. The van der Waals surface area contributed by atoms with Crippen LogP contribution >= 0.6 is 11.3 Å². The third-order valence-corrected chi connectivity index (χ3v) is 8.62. The highest BCUT2D eigenvalue weighted by atomic mass is 32.2. The van der Waals surface area contributed by atoms with E-state index >= 15 is 0 Å². The maximum atomic E-state index is 12.9. The Hall–Kier alpha value is -2.71. The number of hydrogen-bond acceptors (Lipinski definition) is 6. The van der Waals surface area contributed by atoms with Crippen molar-refractivity contribution in [2.75, 3.05) is 6.61 Å². The van der Waals surface area contributed by atoms with Crippen LogP contribution < -0.4 is 10.1 Å². The van der Waals surface area contributed by atoms with Crippen LogP contribution in [0, 0.1) is 0 Å². The fourth-order valence-corrected chi connectivity index (χ4v) is 5.80. The van der Waals surface area contributed by atoms with Gasteiger partial charge in [0.1, 0.15) is 16.0 Å². The lowest BCUT2D eigenvalue weighted by Crippen LogP contribution is -2.41. The van der Waals surface area contributed by atoms with Crippen molar-refractivity contribution in [1.29, 1.82) is 0 Å². The van der Waals surface area contributed by atoms with Gasteiger partial charge in [-0.2, -0.15) is 0 Å². The van der Waals surface area contributed by atoms with Gasteiger partial charge in [-0.3, -0.25) is 4.79 Å². The number of para-hydroxylation sites is 1. The average molecular weight is 471 g/mol. The number of nitrogens with zero attached hydrogens (tertiary/aromatic N) is 1. The lowest BCUT2D eigenvalue weighted by atomic mass is 10.0. The van der Waals surface area contributed by atoms with E-state index in [1.807, 2.05) is 48.5 Å². The lowest BCUT2D eigenvalue weighted by Gasteiger charge is -2.27. The summed E-state index contributed by atoms with van der Waals surface area (Å²) in [7, 11) is -3.72. The second-order valence-electron chi connectivity index (χ2n) is 7.88. The molecule has 2 unspecified atom stereocenters. The molecule has 1 amide bonds. The number of rotatable bonds is 7. The minimum atomic E-state index is -3.72. The standard InChI is InChI=1S/C24H26N2O4S2/c1-3-17-8-10-18(11-9-17)24-25-19(14-31-24)15-32(28,29)16(2)23(27)26-21-12-13-30-22-7-5-4-6-20(21)22/h4-11,14,16,21H,3,12-13,15H2,1-2H3,(H,26,27). The van der Waals surface area contributed by atoms with E-state index in [1.165, 1.54) is 23.8 Å². The van der Waals surface area contributed by atoms with E-state index in [0.717, 1.165) is 28.3 Å². The Balaban J connectivity index is 1.43. The molecule has 4 rings (SSSR count). The number of benzene rings is 2. The molecule has 2 atom stereocenters. The summed E-state index contributed by atoms with van der Waals surface area (Å²) in [6, 6.07) is 15.3. The molecule has 2 aromatic carbocycles. The van der Waals surface area contributed by atoms with Crippen molar-refractivity contribution < 1.29 is 17.9 Å². The lowest BCUT2D eigenvalue weighted by molar-refractivity contribution is -0.121. The smallest absolute Gasteiger partial charge is 0.238 e. The minimum absolute atomic E-state index is 0.262. The Morgan fingerprint density at radius 2 is 1.97 bits per heavy atom. The first-order chi connectivity index (χ1) is 15.4. The summed E-state index contributed by atoms with van der Waals surface area (Å²) in [6.45, 7) is 4.01. The van der Waals surface area contributed by atoms with Gasteiger partial charge in [-0.1, -0.05) is 49.4 Å². The molecule has 0 radical (unpaired) electrons. The summed E-state index contributed by atoms with van der Waals surface area (Å²) in [6.07, 6.45) is 1.56. The first-order valence-electron chi connectivity index (χ1n) is 10.6. The van der Waals surface area contributed by atoms with Crippen molar-refractivity contribution in [1.82, 2.24) is 10.3 Å². The largest absolute Gasteiger partial charge is 0.493 e. The third-order valence-electron chi connectivity index (χ3n) is 5.69. The molecule has 168 valence electrons. The Kier molecular flexibility index (Phi) is 6.62. The van der Waals surface area contributed by atoms with E-state index in [2.05, 4.69) is 17.2 Å². The number of sulfone groups is 1. The number of ether oxygens (including phenoxy) is 1. The van der Waals surface area contributed by atoms with Crippen LogP contribution in [-0.4, -0.2) is 31.2 Å². The van der Waals surface area contributed by atoms with Crippen molar-refractivity contribution in [3.63, 3.8) is 0 Å². The van der Waals surface area contributed by atoms with Crippen LogP contribution in [0.2, 0.25) is 0 Å². The van der Waals surface area contributed by atoms with Crippen LogP contribution in [0.3, 0.4) is 0 Å². The van der Waals surface area contributed by atoms with Crippen molar-refractivity contribution in [2.24, 2.45) is 0 Å². The second-order valence-corrected chi connectivity index (χ2v) is 11.1. The Morgan fingerprint density at radius 1 is 1.22 bits per heavy atom. The maximum absolute atomic E-state index is 12.9. The van der Waals surface area contributed by atoms with E-state index in [4.69, 9.17) is 4.74 Å². The fourth-order valence-electron chi connectivity index (χ4n) is 3.66. The van der Waals surface area contributed by atoms with Crippen LogP contribution in [-0.2, 0) is 26.8 Å². The Morgan fingerprint density at radius 3 is 2.72 bits per heavy atom. The second kappa shape index (κ2) is 9.42. The molecular weight excluding hydrogens is 444 g/mol. The molecule has 2 heterocycles. The highest BCUT2D eigenvalue weighted by molar-refractivity contribution is 7.92. The number of amides is 1. The zero-order valence-electron chi connectivity index (χ0n) is 18.1. The summed E-state index contributed by atoms with van der Waals surface area (Å²) in [5.74, 6) is -0.0472. The number of thiazole rings is 1. The molecule has 0 spiro atoms. The summed E-state index contributed by atoms with van der Waals surface area (Å²) < 4.78 is 31.5. The van der Waals surface area contributed by atoms with Crippen molar-refractivity contribution in [3.8, 4) is 16.3 Å².